The Labute approximate surface area is 109 Å². The topological polar surface area (TPSA) is 72.2 Å². The summed E-state index contributed by atoms with van der Waals surface area (Å²) in [5.41, 5.74) is 0.748. The second kappa shape index (κ2) is 6.33. The van der Waals surface area contributed by atoms with Gasteiger partial charge < -0.3 is 5.11 Å². The molecule has 0 saturated heterocycles. The van der Waals surface area contributed by atoms with Crippen LogP contribution in [0.3, 0.4) is 0 Å². The van der Waals surface area contributed by atoms with Gasteiger partial charge in [0.15, 0.2) is 0 Å². The lowest BCUT2D eigenvalue weighted by Crippen LogP contribution is -2.10. The van der Waals surface area contributed by atoms with E-state index in [9.17, 15) is 13.5 Å². The molecule has 1 rings (SSSR count). The predicted octanol–water partition coefficient (Wildman–Crippen LogP) is 1.71. The standard InChI is InChI=1S/C12H22N2O3S/c1-4-18(16,17)7-5-6-12(15)11-8-13-14(9-11)10(2)3/h8-10,12,15H,4-7H2,1-3H3. The van der Waals surface area contributed by atoms with Gasteiger partial charge in [0.25, 0.3) is 0 Å². The van der Waals surface area contributed by atoms with Gasteiger partial charge in [-0.1, -0.05) is 6.92 Å². The van der Waals surface area contributed by atoms with Crippen molar-refractivity contribution in [3.63, 3.8) is 0 Å². The molecule has 1 aromatic heterocycles. The van der Waals surface area contributed by atoms with E-state index in [0.29, 0.717) is 12.8 Å². The highest BCUT2D eigenvalue weighted by Crippen LogP contribution is 2.19. The van der Waals surface area contributed by atoms with Crippen LogP contribution >= 0.6 is 0 Å². The predicted molar refractivity (Wildman–Crippen MR) is 71.1 cm³/mol. The fraction of sp³-hybridized carbons (Fsp3) is 0.750. The van der Waals surface area contributed by atoms with Gasteiger partial charge in [0.05, 0.1) is 18.1 Å². The maximum atomic E-state index is 11.3. The van der Waals surface area contributed by atoms with Crippen LogP contribution < -0.4 is 0 Å². The molecular formula is C12H22N2O3S. The van der Waals surface area contributed by atoms with Crippen molar-refractivity contribution in [3.8, 4) is 0 Å². The van der Waals surface area contributed by atoms with Crippen LogP contribution in [0.15, 0.2) is 12.4 Å². The van der Waals surface area contributed by atoms with E-state index in [1.807, 2.05) is 20.0 Å². The van der Waals surface area contributed by atoms with Crippen LogP contribution in [0, 0.1) is 0 Å². The van der Waals surface area contributed by atoms with Crippen LogP contribution in [-0.2, 0) is 9.84 Å². The molecule has 0 aliphatic carbocycles. The Morgan fingerprint density at radius 3 is 2.61 bits per heavy atom. The van der Waals surface area contributed by atoms with Crippen molar-refractivity contribution >= 4 is 9.84 Å². The van der Waals surface area contributed by atoms with Gasteiger partial charge in [0.1, 0.15) is 9.84 Å². The molecule has 0 radical (unpaired) electrons. The Morgan fingerprint density at radius 2 is 2.11 bits per heavy atom. The summed E-state index contributed by atoms with van der Waals surface area (Å²) in [5.74, 6) is 0.299. The van der Waals surface area contributed by atoms with Gasteiger partial charge in [-0.3, -0.25) is 4.68 Å². The molecule has 0 amide bonds. The maximum absolute atomic E-state index is 11.3. The number of sulfone groups is 1. The van der Waals surface area contributed by atoms with Crippen molar-refractivity contribution in [1.29, 1.82) is 0 Å². The summed E-state index contributed by atoms with van der Waals surface area (Å²) in [6.07, 6.45) is 3.74. The van der Waals surface area contributed by atoms with Crippen LogP contribution in [-0.4, -0.2) is 34.8 Å². The second-order valence-electron chi connectivity index (χ2n) is 4.74. The van der Waals surface area contributed by atoms with Crippen molar-refractivity contribution < 1.29 is 13.5 Å². The molecule has 104 valence electrons. The normalized spacial score (nSPS) is 14.1. The van der Waals surface area contributed by atoms with Crippen molar-refractivity contribution in [3.05, 3.63) is 18.0 Å². The average Bonchev–Trinajstić information content (AvgIpc) is 2.78. The van der Waals surface area contributed by atoms with E-state index < -0.39 is 15.9 Å². The number of aliphatic hydroxyl groups excluding tert-OH is 1. The van der Waals surface area contributed by atoms with Gasteiger partial charge >= 0.3 is 0 Å². The largest absolute Gasteiger partial charge is 0.388 e. The van der Waals surface area contributed by atoms with Crippen molar-refractivity contribution in [1.82, 2.24) is 9.78 Å². The summed E-state index contributed by atoms with van der Waals surface area (Å²) in [7, 11) is -2.94. The minimum absolute atomic E-state index is 0.138. The first-order valence-electron chi connectivity index (χ1n) is 6.28. The van der Waals surface area contributed by atoms with E-state index in [2.05, 4.69) is 5.10 Å². The molecule has 0 aliphatic heterocycles. The maximum Gasteiger partial charge on any atom is 0.150 e. The van der Waals surface area contributed by atoms with Crippen molar-refractivity contribution in [2.24, 2.45) is 0 Å². The second-order valence-corrected chi connectivity index (χ2v) is 7.21. The highest BCUT2D eigenvalue weighted by molar-refractivity contribution is 7.91. The fourth-order valence-corrected chi connectivity index (χ4v) is 2.51. The molecule has 0 bridgehead atoms. The van der Waals surface area contributed by atoms with Crippen LogP contribution in [0.25, 0.3) is 0 Å². The van der Waals surface area contributed by atoms with Crippen molar-refractivity contribution in [2.45, 2.75) is 45.8 Å². The van der Waals surface area contributed by atoms with Gasteiger partial charge in [0.2, 0.25) is 0 Å². The average molecular weight is 274 g/mol. The van der Waals surface area contributed by atoms with Crippen LogP contribution in [0.5, 0.6) is 0 Å². The number of rotatable bonds is 7. The third-order valence-corrected chi connectivity index (χ3v) is 4.70. The summed E-state index contributed by atoms with van der Waals surface area (Å²) in [4.78, 5) is 0. The van der Waals surface area contributed by atoms with Crippen LogP contribution in [0.4, 0.5) is 0 Å². The first-order valence-corrected chi connectivity index (χ1v) is 8.10. The van der Waals surface area contributed by atoms with Gasteiger partial charge in [-0.15, -0.1) is 0 Å². The molecule has 1 N–H and O–H groups in total. The molecule has 0 saturated carbocycles. The van der Waals surface area contributed by atoms with Crippen LogP contribution in [0.1, 0.15) is 51.3 Å². The van der Waals surface area contributed by atoms with E-state index in [0.717, 1.165) is 5.56 Å². The zero-order valence-electron chi connectivity index (χ0n) is 11.2. The lowest BCUT2D eigenvalue weighted by atomic mass is 10.1. The Bertz CT molecular complexity index is 465. The lowest BCUT2D eigenvalue weighted by Gasteiger charge is -2.08. The molecule has 0 fully saturated rings. The molecule has 1 aromatic rings. The van der Waals surface area contributed by atoms with E-state index in [1.54, 1.807) is 17.8 Å². The Hall–Kier alpha value is -0.880. The number of hydrogen-bond donors (Lipinski definition) is 1. The first kappa shape index (κ1) is 15.2. The molecule has 18 heavy (non-hydrogen) atoms. The molecule has 1 atom stereocenters. The molecule has 1 heterocycles. The van der Waals surface area contributed by atoms with Gasteiger partial charge in [-0.25, -0.2) is 8.42 Å². The summed E-state index contributed by atoms with van der Waals surface area (Å²) < 4.78 is 24.4. The minimum atomic E-state index is -2.94. The Morgan fingerprint density at radius 1 is 1.44 bits per heavy atom. The molecule has 1 unspecified atom stereocenters. The summed E-state index contributed by atoms with van der Waals surface area (Å²) in [5, 5.41) is 14.1. The zero-order chi connectivity index (χ0) is 13.8. The molecule has 0 aromatic carbocycles. The van der Waals surface area contributed by atoms with E-state index in [4.69, 9.17) is 0 Å². The first-order chi connectivity index (χ1) is 8.35. The van der Waals surface area contributed by atoms with Gasteiger partial charge in [0, 0.05) is 23.6 Å². The molecule has 6 heteroatoms. The quantitative estimate of drug-likeness (QED) is 0.821. The Kier molecular flexibility index (Phi) is 5.34. The molecule has 0 spiro atoms. The minimum Gasteiger partial charge on any atom is -0.388 e. The van der Waals surface area contributed by atoms with Crippen LogP contribution in [0.2, 0.25) is 0 Å². The summed E-state index contributed by atoms with van der Waals surface area (Å²) in [6, 6.07) is 0.256. The van der Waals surface area contributed by atoms with E-state index in [-0.39, 0.29) is 17.5 Å². The summed E-state index contributed by atoms with van der Waals surface area (Å²) >= 11 is 0. The number of hydrogen-bond acceptors (Lipinski definition) is 4. The highest BCUT2D eigenvalue weighted by atomic mass is 32.2. The fourth-order valence-electron chi connectivity index (χ4n) is 1.61. The SMILES string of the molecule is CCS(=O)(=O)CCCC(O)c1cnn(C(C)C)c1. The van der Waals surface area contributed by atoms with E-state index in [1.165, 1.54) is 0 Å². The smallest absolute Gasteiger partial charge is 0.150 e. The third-order valence-electron chi connectivity index (χ3n) is 2.91. The van der Waals surface area contributed by atoms with Gasteiger partial charge in [-0.2, -0.15) is 5.10 Å². The molecule has 0 aliphatic rings. The third kappa shape index (κ3) is 4.42. The monoisotopic (exact) mass is 274 g/mol. The summed E-state index contributed by atoms with van der Waals surface area (Å²) in [6.45, 7) is 5.66. The number of nitrogens with zero attached hydrogens (tertiary/aromatic N) is 2. The number of aromatic nitrogens is 2. The highest BCUT2D eigenvalue weighted by Gasteiger charge is 2.13. The zero-order valence-corrected chi connectivity index (χ0v) is 12.0. The Balaban J connectivity index is 2.47. The van der Waals surface area contributed by atoms with E-state index >= 15 is 0 Å². The molecular weight excluding hydrogens is 252 g/mol. The van der Waals surface area contributed by atoms with Gasteiger partial charge in [-0.05, 0) is 26.7 Å². The molecule has 5 nitrogen and oxygen atoms in total. The lowest BCUT2D eigenvalue weighted by molar-refractivity contribution is 0.166. The number of aliphatic hydroxyl groups is 1. The van der Waals surface area contributed by atoms with Crippen molar-refractivity contribution in [2.75, 3.05) is 11.5 Å².